The van der Waals surface area contributed by atoms with Crippen LogP contribution in [0.3, 0.4) is 0 Å². The normalized spacial score (nSPS) is 14.6. The maximum absolute atomic E-state index is 11.5. The van der Waals surface area contributed by atoms with Gasteiger partial charge in [0.05, 0.1) is 11.3 Å². The quantitative estimate of drug-likeness (QED) is 0.801. The van der Waals surface area contributed by atoms with E-state index in [9.17, 15) is 9.90 Å². The number of anilines is 1. The Balaban J connectivity index is 2.36. The summed E-state index contributed by atoms with van der Waals surface area (Å²) in [6.07, 6.45) is 4.48. The van der Waals surface area contributed by atoms with Gasteiger partial charge in [0.25, 0.3) is 0 Å². The van der Waals surface area contributed by atoms with Crippen LogP contribution in [0.5, 0.6) is 0 Å². The van der Waals surface area contributed by atoms with Crippen molar-refractivity contribution >= 4 is 23.4 Å². The Kier molecular flexibility index (Phi) is 4.17. The summed E-state index contributed by atoms with van der Waals surface area (Å²) in [5, 5.41) is 9.43. The molecule has 1 saturated carbocycles. The number of thioether (sulfide) groups is 1. The smallest absolute Gasteiger partial charge is 0.338 e. The number of carboxylic acids is 1. The van der Waals surface area contributed by atoms with Gasteiger partial charge in [0.2, 0.25) is 0 Å². The fourth-order valence-electron chi connectivity index (χ4n) is 2.18. The van der Waals surface area contributed by atoms with E-state index in [1.54, 1.807) is 0 Å². The van der Waals surface area contributed by atoms with E-state index in [0.29, 0.717) is 5.56 Å². The summed E-state index contributed by atoms with van der Waals surface area (Å²) in [7, 11) is 0. The molecule has 0 unspecified atom stereocenters. The topological polar surface area (TPSA) is 40.5 Å². The molecule has 0 atom stereocenters. The van der Waals surface area contributed by atoms with Crippen LogP contribution in [0.2, 0.25) is 0 Å². The molecule has 98 valence electrons. The van der Waals surface area contributed by atoms with Gasteiger partial charge in [0, 0.05) is 18.0 Å². The maximum atomic E-state index is 11.5. The lowest BCUT2D eigenvalue weighted by molar-refractivity contribution is 0.0694. The Hall–Kier alpha value is -1.16. The van der Waals surface area contributed by atoms with Crippen LogP contribution in [-0.4, -0.2) is 30.4 Å². The molecule has 1 aromatic rings. The van der Waals surface area contributed by atoms with E-state index >= 15 is 0 Å². The van der Waals surface area contributed by atoms with E-state index in [-0.39, 0.29) is 0 Å². The van der Waals surface area contributed by atoms with E-state index in [2.05, 4.69) is 11.8 Å². The molecule has 1 aliphatic rings. The Morgan fingerprint density at radius 3 is 2.72 bits per heavy atom. The highest BCUT2D eigenvalue weighted by Crippen LogP contribution is 2.34. The summed E-state index contributed by atoms with van der Waals surface area (Å²) in [6.45, 7) is 3.92. The Bertz CT molecular complexity index is 443. The first kappa shape index (κ1) is 13.3. The molecule has 4 heteroatoms. The lowest BCUT2D eigenvalue weighted by Crippen LogP contribution is -2.27. The fourth-order valence-corrected chi connectivity index (χ4v) is 2.79. The van der Waals surface area contributed by atoms with Crippen molar-refractivity contribution in [2.45, 2.75) is 24.7 Å². The first-order valence-electron chi connectivity index (χ1n) is 6.32. The second-order valence-corrected chi connectivity index (χ2v) is 5.49. The van der Waals surface area contributed by atoms with E-state index in [1.807, 2.05) is 24.5 Å². The van der Waals surface area contributed by atoms with E-state index in [0.717, 1.165) is 29.6 Å². The number of aromatic carboxylic acids is 1. The molecule has 1 aromatic carbocycles. The number of hydrogen-bond acceptors (Lipinski definition) is 3. The van der Waals surface area contributed by atoms with E-state index in [1.165, 1.54) is 24.6 Å². The van der Waals surface area contributed by atoms with E-state index in [4.69, 9.17) is 0 Å². The number of carboxylic acid groups (broad SMARTS) is 1. The van der Waals surface area contributed by atoms with Crippen molar-refractivity contribution in [1.29, 1.82) is 0 Å². The van der Waals surface area contributed by atoms with Crippen molar-refractivity contribution in [2.75, 3.05) is 24.2 Å². The van der Waals surface area contributed by atoms with Crippen LogP contribution < -0.4 is 4.90 Å². The van der Waals surface area contributed by atoms with Gasteiger partial charge in [-0.15, -0.1) is 11.8 Å². The van der Waals surface area contributed by atoms with Crippen molar-refractivity contribution in [1.82, 2.24) is 0 Å². The monoisotopic (exact) mass is 265 g/mol. The molecule has 0 amide bonds. The van der Waals surface area contributed by atoms with Gasteiger partial charge in [0.15, 0.2) is 0 Å². The molecular formula is C14H19NO2S. The predicted molar refractivity (Wildman–Crippen MR) is 75.8 cm³/mol. The fraction of sp³-hybridized carbons (Fsp3) is 0.500. The highest BCUT2D eigenvalue weighted by Gasteiger charge is 2.26. The Morgan fingerprint density at radius 2 is 2.22 bits per heavy atom. The van der Waals surface area contributed by atoms with Crippen molar-refractivity contribution in [3.05, 3.63) is 23.8 Å². The second kappa shape index (κ2) is 5.65. The molecule has 2 rings (SSSR count). The van der Waals surface area contributed by atoms with Crippen LogP contribution in [0, 0.1) is 5.92 Å². The van der Waals surface area contributed by atoms with Crippen LogP contribution in [0.15, 0.2) is 23.1 Å². The van der Waals surface area contributed by atoms with Crippen LogP contribution in [-0.2, 0) is 0 Å². The third-order valence-electron chi connectivity index (χ3n) is 3.34. The number of rotatable bonds is 6. The van der Waals surface area contributed by atoms with Crippen molar-refractivity contribution in [2.24, 2.45) is 5.92 Å². The lowest BCUT2D eigenvalue weighted by Gasteiger charge is -2.25. The number of hydrogen-bond donors (Lipinski definition) is 1. The number of nitrogens with zero attached hydrogens (tertiary/aromatic N) is 1. The van der Waals surface area contributed by atoms with Crippen LogP contribution in [0.1, 0.15) is 30.1 Å². The predicted octanol–water partition coefficient (Wildman–Crippen LogP) is 3.34. The molecule has 0 aromatic heterocycles. The summed E-state index contributed by atoms with van der Waals surface area (Å²) >= 11 is 1.49. The van der Waals surface area contributed by atoms with Gasteiger partial charge in [-0.25, -0.2) is 4.79 Å². The summed E-state index contributed by atoms with van der Waals surface area (Å²) in [4.78, 5) is 14.5. The van der Waals surface area contributed by atoms with Crippen LogP contribution >= 0.6 is 11.8 Å². The first-order chi connectivity index (χ1) is 8.67. The van der Waals surface area contributed by atoms with Crippen LogP contribution in [0.4, 0.5) is 5.69 Å². The zero-order valence-electron chi connectivity index (χ0n) is 10.8. The van der Waals surface area contributed by atoms with Gasteiger partial charge in [-0.05, 0) is 44.1 Å². The van der Waals surface area contributed by atoms with Crippen molar-refractivity contribution in [3.63, 3.8) is 0 Å². The molecule has 0 spiro atoms. The standard InChI is InChI=1S/C14H19NO2S/c1-3-15(9-10-7-8-10)11-5-4-6-12(18-2)13(11)14(16)17/h4-6,10H,3,7-9H2,1-2H3,(H,16,17). The summed E-state index contributed by atoms with van der Waals surface area (Å²) in [5.74, 6) is -0.0753. The molecule has 0 aliphatic heterocycles. The Labute approximate surface area is 112 Å². The molecule has 1 aliphatic carbocycles. The molecule has 18 heavy (non-hydrogen) atoms. The third kappa shape index (κ3) is 2.80. The van der Waals surface area contributed by atoms with Gasteiger partial charge >= 0.3 is 5.97 Å². The third-order valence-corrected chi connectivity index (χ3v) is 4.12. The van der Waals surface area contributed by atoms with Gasteiger partial charge in [-0.3, -0.25) is 0 Å². The highest BCUT2D eigenvalue weighted by atomic mass is 32.2. The second-order valence-electron chi connectivity index (χ2n) is 4.64. The Morgan fingerprint density at radius 1 is 1.50 bits per heavy atom. The van der Waals surface area contributed by atoms with Gasteiger partial charge in [-0.1, -0.05) is 6.07 Å². The first-order valence-corrected chi connectivity index (χ1v) is 7.55. The largest absolute Gasteiger partial charge is 0.478 e. The lowest BCUT2D eigenvalue weighted by atomic mass is 10.1. The highest BCUT2D eigenvalue weighted by molar-refractivity contribution is 7.98. The van der Waals surface area contributed by atoms with Gasteiger partial charge in [-0.2, -0.15) is 0 Å². The molecule has 0 radical (unpaired) electrons. The maximum Gasteiger partial charge on any atom is 0.338 e. The molecule has 0 saturated heterocycles. The summed E-state index contributed by atoms with van der Waals surface area (Å²) < 4.78 is 0. The van der Waals surface area contributed by atoms with Gasteiger partial charge in [0.1, 0.15) is 0 Å². The SMILES string of the molecule is CCN(CC1CC1)c1cccc(SC)c1C(=O)O. The molecule has 3 nitrogen and oxygen atoms in total. The number of carbonyl (C=O) groups is 1. The molecular weight excluding hydrogens is 246 g/mol. The van der Waals surface area contributed by atoms with Gasteiger partial charge < -0.3 is 10.0 Å². The summed E-state index contributed by atoms with van der Waals surface area (Å²) in [6, 6.07) is 5.75. The summed E-state index contributed by atoms with van der Waals surface area (Å²) in [5.41, 5.74) is 1.32. The zero-order valence-corrected chi connectivity index (χ0v) is 11.7. The van der Waals surface area contributed by atoms with Crippen molar-refractivity contribution < 1.29 is 9.90 Å². The molecule has 1 fully saturated rings. The zero-order chi connectivity index (χ0) is 13.1. The molecule has 0 heterocycles. The van der Waals surface area contributed by atoms with Crippen molar-refractivity contribution in [3.8, 4) is 0 Å². The average molecular weight is 265 g/mol. The van der Waals surface area contributed by atoms with E-state index < -0.39 is 5.97 Å². The number of benzene rings is 1. The molecule has 1 N–H and O–H groups in total. The minimum atomic E-state index is -0.829. The minimum Gasteiger partial charge on any atom is -0.478 e. The van der Waals surface area contributed by atoms with Crippen LogP contribution in [0.25, 0.3) is 0 Å². The molecule has 0 bridgehead atoms. The average Bonchev–Trinajstić information content (AvgIpc) is 3.18. The minimum absolute atomic E-state index is 0.451.